The van der Waals surface area contributed by atoms with Crippen LogP contribution in [0.1, 0.15) is 34.3 Å². The molecule has 3 nitrogen and oxygen atoms in total. The molecule has 0 aliphatic heterocycles. The molecule has 1 aliphatic carbocycles. The quantitative estimate of drug-likeness (QED) is 0.869. The van der Waals surface area contributed by atoms with Gasteiger partial charge < -0.3 is 10.5 Å². The van der Waals surface area contributed by atoms with E-state index >= 15 is 0 Å². The molecule has 0 heterocycles. The molecule has 17 heavy (non-hydrogen) atoms. The molecule has 2 N–H and O–H groups in total. The molecule has 0 saturated carbocycles. The van der Waals surface area contributed by atoms with Crippen molar-refractivity contribution in [3.05, 3.63) is 27.2 Å². The highest BCUT2D eigenvalue weighted by Crippen LogP contribution is 2.39. The van der Waals surface area contributed by atoms with Gasteiger partial charge in [0.15, 0.2) is 5.78 Å². The van der Waals surface area contributed by atoms with E-state index in [1.54, 1.807) is 7.11 Å². The summed E-state index contributed by atoms with van der Waals surface area (Å²) in [7, 11) is 1.60. The normalized spacial score (nSPS) is 13.6. The minimum absolute atomic E-state index is 0.0553. The Morgan fingerprint density at radius 3 is 2.94 bits per heavy atom. The van der Waals surface area contributed by atoms with Crippen molar-refractivity contribution in [2.24, 2.45) is 5.73 Å². The van der Waals surface area contributed by atoms with Gasteiger partial charge in [-0.3, -0.25) is 4.79 Å². The average molecular weight is 298 g/mol. The fourth-order valence-corrected chi connectivity index (χ4v) is 3.17. The zero-order valence-electron chi connectivity index (χ0n) is 9.88. The summed E-state index contributed by atoms with van der Waals surface area (Å²) in [4.78, 5) is 12.0. The van der Waals surface area contributed by atoms with Gasteiger partial charge >= 0.3 is 0 Å². The maximum atomic E-state index is 12.0. The lowest BCUT2D eigenvalue weighted by molar-refractivity contribution is 0.0982. The number of aryl methyl sites for hydroxylation is 1. The maximum absolute atomic E-state index is 12.0. The highest BCUT2D eigenvalue weighted by molar-refractivity contribution is 9.10. The number of ketones is 1. The number of halogens is 1. The predicted molar refractivity (Wildman–Crippen MR) is 70.7 cm³/mol. The van der Waals surface area contributed by atoms with Gasteiger partial charge in [-0.2, -0.15) is 0 Å². The zero-order chi connectivity index (χ0) is 12.4. The van der Waals surface area contributed by atoms with Crippen LogP contribution in [0.2, 0.25) is 0 Å². The van der Waals surface area contributed by atoms with E-state index in [1.807, 2.05) is 6.07 Å². The van der Waals surface area contributed by atoms with Crippen LogP contribution < -0.4 is 10.5 Å². The van der Waals surface area contributed by atoms with Crippen LogP contribution in [0.5, 0.6) is 5.75 Å². The topological polar surface area (TPSA) is 52.3 Å². The van der Waals surface area contributed by atoms with E-state index in [2.05, 4.69) is 15.9 Å². The summed E-state index contributed by atoms with van der Waals surface area (Å²) in [5.41, 5.74) is 8.64. The van der Waals surface area contributed by atoms with Crippen LogP contribution in [0.15, 0.2) is 10.5 Å². The first kappa shape index (κ1) is 12.6. The minimum Gasteiger partial charge on any atom is -0.495 e. The summed E-state index contributed by atoms with van der Waals surface area (Å²) in [6.45, 7) is 0.372. The first-order valence-electron chi connectivity index (χ1n) is 5.80. The summed E-state index contributed by atoms with van der Waals surface area (Å²) in [6.07, 6.45) is 3.60. The maximum Gasteiger partial charge on any atom is 0.167 e. The summed E-state index contributed by atoms with van der Waals surface area (Å²) in [5, 5.41) is 0. The van der Waals surface area contributed by atoms with Gasteiger partial charge in [-0.05, 0) is 58.9 Å². The third-order valence-corrected chi connectivity index (χ3v) is 4.00. The summed E-state index contributed by atoms with van der Waals surface area (Å²) in [6, 6.07) is 1.98. The molecule has 0 fully saturated rings. The molecule has 0 unspecified atom stereocenters. The highest BCUT2D eigenvalue weighted by Gasteiger charge is 2.23. The SMILES string of the molecule is COc1c(C(=O)CCN)cc2c(c1Br)CCC2. The molecule has 0 atom stereocenters. The van der Waals surface area contributed by atoms with Gasteiger partial charge in [0.25, 0.3) is 0 Å². The Morgan fingerprint density at radius 2 is 2.29 bits per heavy atom. The van der Waals surface area contributed by atoms with E-state index < -0.39 is 0 Å². The number of benzene rings is 1. The largest absolute Gasteiger partial charge is 0.495 e. The van der Waals surface area contributed by atoms with Crippen molar-refractivity contribution in [1.82, 2.24) is 0 Å². The molecule has 0 radical (unpaired) electrons. The van der Waals surface area contributed by atoms with Crippen molar-refractivity contribution in [2.45, 2.75) is 25.7 Å². The second kappa shape index (κ2) is 5.19. The molecule has 1 aromatic rings. The first-order chi connectivity index (χ1) is 8.19. The molecule has 92 valence electrons. The van der Waals surface area contributed by atoms with Crippen LogP contribution in [0.4, 0.5) is 0 Å². The highest BCUT2D eigenvalue weighted by atomic mass is 79.9. The molecule has 0 amide bonds. The molecular formula is C13H16BrNO2. The number of carbonyl (C=O) groups is 1. The summed E-state index contributed by atoms with van der Waals surface area (Å²) < 4.78 is 6.30. The van der Waals surface area contributed by atoms with E-state index in [4.69, 9.17) is 10.5 Å². The van der Waals surface area contributed by atoms with Crippen molar-refractivity contribution in [1.29, 1.82) is 0 Å². The number of ether oxygens (including phenoxy) is 1. The second-order valence-electron chi connectivity index (χ2n) is 4.22. The second-order valence-corrected chi connectivity index (χ2v) is 5.02. The van der Waals surface area contributed by atoms with Gasteiger partial charge in [-0.15, -0.1) is 0 Å². The van der Waals surface area contributed by atoms with E-state index in [0.29, 0.717) is 24.3 Å². The minimum atomic E-state index is 0.0553. The van der Waals surface area contributed by atoms with Crippen LogP contribution in [-0.4, -0.2) is 19.4 Å². The number of hydrogen-bond acceptors (Lipinski definition) is 3. The van der Waals surface area contributed by atoms with Gasteiger partial charge in [0.1, 0.15) is 5.75 Å². The molecule has 0 saturated heterocycles. The Bertz CT molecular complexity index is 457. The molecule has 0 aromatic heterocycles. The van der Waals surface area contributed by atoms with Crippen molar-refractivity contribution in [3.63, 3.8) is 0 Å². The van der Waals surface area contributed by atoms with Crippen molar-refractivity contribution >= 4 is 21.7 Å². The molecule has 1 aromatic carbocycles. The van der Waals surface area contributed by atoms with Crippen LogP contribution in [0.25, 0.3) is 0 Å². The van der Waals surface area contributed by atoms with Crippen LogP contribution >= 0.6 is 15.9 Å². The van der Waals surface area contributed by atoms with Gasteiger partial charge in [0.05, 0.1) is 17.1 Å². The molecule has 1 aliphatic rings. The third-order valence-electron chi connectivity index (χ3n) is 3.16. The number of carbonyl (C=O) groups excluding carboxylic acids is 1. The van der Waals surface area contributed by atoms with Gasteiger partial charge in [0, 0.05) is 6.42 Å². The summed E-state index contributed by atoms with van der Waals surface area (Å²) >= 11 is 3.55. The molecule has 0 spiro atoms. The number of hydrogen-bond donors (Lipinski definition) is 1. The van der Waals surface area contributed by atoms with Crippen LogP contribution in [-0.2, 0) is 12.8 Å². The van der Waals surface area contributed by atoms with Crippen molar-refractivity contribution < 1.29 is 9.53 Å². The molecule has 0 bridgehead atoms. The Labute approximate surface area is 109 Å². The lowest BCUT2D eigenvalue weighted by atomic mass is 10.0. The molecular weight excluding hydrogens is 282 g/mol. The fourth-order valence-electron chi connectivity index (χ4n) is 2.34. The van der Waals surface area contributed by atoms with E-state index in [-0.39, 0.29) is 5.78 Å². The average Bonchev–Trinajstić information content (AvgIpc) is 2.77. The molecule has 4 heteroatoms. The number of fused-ring (bicyclic) bond motifs is 1. The number of methoxy groups -OCH3 is 1. The third kappa shape index (κ3) is 2.24. The van der Waals surface area contributed by atoms with Crippen LogP contribution in [0, 0.1) is 0 Å². The monoisotopic (exact) mass is 297 g/mol. The summed E-state index contributed by atoms with van der Waals surface area (Å²) in [5.74, 6) is 0.712. The van der Waals surface area contributed by atoms with Crippen LogP contribution in [0.3, 0.4) is 0 Å². The Hall–Kier alpha value is -0.870. The van der Waals surface area contributed by atoms with Gasteiger partial charge in [0.2, 0.25) is 0 Å². The zero-order valence-corrected chi connectivity index (χ0v) is 11.5. The van der Waals surface area contributed by atoms with E-state index in [0.717, 1.165) is 23.7 Å². The number of Topliss-reactive ketones (excluding diaryl/α,β-unsaturated/α-hetero) is 1. The number of nitrogens with two attached hydrogens (primary N) is 1. The lowest BCUT2D eigenvalue weighted by Gasteiger charge is -2.13. The van der Waals surface area contributed by atoms with Gasteiger partial charge in [-0.1, -0.05) is 0 Å². The molecule has 2 rings (SSSR count). The Morgan fingerprint density at radius 1 is 1.53 bits per heavy atom. The first-order valence-corrected chi connectivity index (χ1v) is 6.59. The van der Waals surface area contributed by atoms with E-state index in [1.165, 1.54) is 11.1 Å². The lowest BCUT2D eigenvalue weighted by Crippen LogP contribution is -2.10. The Balaban J connectivity index is 2.51. The van der Waals surface area contributed by atoms with E-state index in [9.17, 15) is 4.79 Å². The smallest absolute Gasteiger partial charge is 0.167 e. The Kier molecular flexibility index (Phi) is 3.84. The van der Waals surface area contributed by atoms with Crippen molar-refractivity contribution in [3.8, 4) is 5.75 Å². The fraction of sp³-hybridized carbons (Fsp3) is 0.462. The standard InChI is InChI=1S/C13H16BrNO2/c1-17-13-10(11(16)5-6-15)7-8-3-2-4-9(8)12(13)14/h7H,2-6,15H2,1H3. The van der Waals surface area contributed by atoms with Crippen molar-refractivity contribution in [2.75, 3.05) is 13.7 Å². The van der Waals surface area contributed by atoms with Gasteiger partial charge in [-0.25, -0.2) is 0 Å². The number of rotatable bonds is 4. The predicted octanol–water partition coefficient (Wildman–Crippen LogP) is 2.48.